The first kappa shape index (κ1) is 15.1. The van der Waals surface area contributed by atoms with E-state index in [1.807, 2.05) is 6.92 Å². The average Bonchev–Trinajstić information content (AvgIpc) is 2.37. The lowest BCUT2D eigenvalue weighted by molar-refractivity contribution is -0.137. The highest BCUT2D eigenvalue weighted by Gasteiger charge is 2.43. The zero-order chi connectivity index (χ0) is 14.8. The Bertz CT molecular complexity index is 450. The molecule has 1 aliphatic carbocycles. The highest BCUT2D eigenvalue weighted by atomic mass is 19.4. The lowest BCUT2D eigenvalue weighted by Crippen LogP contribution is -2.57. The molecular formula is C14H18F3NO2. The molecule has 0 aromatic heterocycles. The summed E-state index contributed by atoms with van der Waals surface area (Å²) in [4.78, 5) is 0. The number of hydrogen-bond acceptors (Lipinski definition) is 3. The number of benzene rings is 1. The molecule has 1 aromatic carbocycles. The second kappa shape index (κ2) is 6.01. The fourth-order valence-electron chi connectivity index (χ4n) is 2.47. The van der Waals surface area contributed by atoms with E-state index < -0.39 is 11.7 Å². The molecule has 2 rings (SSSR count). The summed E-state index contributed by atoms with van der Waals surface area (Å²) in [5, 5.41) is 2.92. The van der Waals surface area contributed by atoms with Crippen molar-refractivity contribution in [3.63, 3.8) is 0 Å². The molecule has 112 valence electrons. The topological polar surface area (TPSA) is 30.5 Å². The van der Waals surface area contributed by atoms with Crippen molar-refractivity contribution in [3.05, 3.63) is 29.8 Å². The van der Waals surface area contributed by atoms with Gasteiger partial charge in [-0.3, -0.25) is 0 Å². The van der Waals surface area contributed by atoms with Crippen LogP contribution in [0.4, 0.5) is 18.9 Å². The number of halogens is 3. The van der Waals surface area contributed by atoms with E-state index in [0.29, 0.717) is 13.0 Å². The van der Waals surface area contributed by atoms with Crippen LogP contribution < -0.4 is 5.32 Å². The smallest absolute Gasteiger partial charge is 0.379 e. The van der Waals surface area contributed by atoms with Gasteiger partial charge in [0.15, 0.2) is 0 Å². The molecule has 6 heteroatoms. The van der Waals surface area contributed by atoms with Crippen LogP contribution in [0.25, 0.3) is 0 Å². The monoisotopic (exact) mass is 289 g/mol. The van der Waals surface area contributed by atoms with Crippen molar-refractivity contribution in [2.75, 3.05) is 19.0 Å². The Balaban J connectivity index is 2.08. The Morgan fingerprint density at radius 2 is 2.00 bits per heavy atom. The Labute approximate surface area is 116 Å². The second-order valence-electron chi connectivity index (χ2n) is 4.72. The molecule has 0 spiro atoms. The largest absolute Gasteiger partial charge is 0.418 e. The van der Waals surface area contributed by atoms with Gasteiger partial charge >= 0.3 is 6.18 Å². The van der Waals surface area contributed by atoms with Crippen LogP contribution in [0.1, 0.15) is 18.9 Å². The molecule has 1 saturated carbocycles. The molecule has 3 atom stereocenters. The lowest BCUT2D eigenvalue weighted by atomic mass is 9.84. The van der Waals surface area contributed by atoms with Gasteiger partial charge in [-0.1, -0.05) is 12.1 Å². The van der Waals surface area contributed by atoms with Crippen LogP contribution in [0, 0.1) is 0 Å². The molecule has 0 bridgehead atoms. The number of methoxy groups -OCH3 is 1. The summed E-state index contributed by atoms with van der Waals surface area (Å²) < 4.78 is 49.5. The molecule has 0 heterocycles. The Morgan fingerprint density at radius 3 is 2.60 bits per heavy atom. The first-order valence-electron chi connectivity index (χ1n) is 6.54. The van der Waals surface area contributed by atoms with Gasteiger partial charge in [0.1, 0.15) is 6.10 Å². The predicted molar refractivity (Wildman–Crippen MR) is 69.7 cm³/mol. The summed E-state index contributed by atoms with van der Waals surface area (Å²) in [6, 6.07) is 5.30. The maximum Gasteiger partial charge on any atom is 0.418 e. The molecule has 20 heavy (non-hydrogen) atoms. The molecule has 1 N–H and O–H groups in total. The standard InChI is InChI=1S/C14H18F3NO2/c1-3-20-12-8-11(13(12)19-2)18-10-7-5-4-6-9(10)14(15,16)17/h4-7,11-13,18H,3,8H2,1-2H3. The van der Waals surface area contributed by atoms with Crippen molar-refractivity contribution < 1.29 is 22.6 Å². The zero-order valence-electron chi connectivity index (χ0n) is 11.4. The number of para-hydroxylation sites is 1. The van der Waals surface area contributed by atoms with Gasteiger partial charge in [0.2, 0.25) is 0 Å². The fraction of sp³-hybridized carbons (Fsp3) is 0.571. The van der Waals surface area contributed by atoms with Crippen LogP contribution in [0.5, 0.6) is 0 Å². The van der Waals surface area contributed by atoms with E-state index in [9.17, 15) is 13.2 Å². The van der Waals surface area contributed by atoms with E-state index in [4.69, 9.17) is 9.47 Å². The minimum absolute atomic E-state index is 0.0550. The van der Waals surface area contributed by atoms with Crippen molar-refractivity contribution in [3.8, 4) is 0 Å². The maximum atomic E-state index is 12.9. The van der Waals surface area contributed by atoms with Gasteiger partial charge in [0.25, 0.3) is 0 Å². The van der Waals surface area contributed by atoms with Gasteiger partial charge in [0.05, 0.1) is 17.7 Å². The Hall–Kier alpha value is -1.27. The molecule has 0 radical (unpaired) electrons. The molecule has 1 aliphatic rings. The van der Waals surface area contributed by atoms with E-state index in [2.05, 4.69) is 5.32 Å². The summed E-state index contributed by atoms with van der Waals surface area (Å²) in [6.45, 7) is 2.45. The average molecular weight is 289 g/mol. The van der Waals surface area contributed by atoms with Gasteiger partial charge < -0.3 is 14.8 Å². The SMILES string of the molecule is CCOC1CC(Nc2ccccc2C(F)(F)F)C1OC. The highest BCUT2D eigenvalue weighted by molar-refractivity contribution is 5.54. The predicted octanol–water partition coefficient (Wildman–Crippen LogP) is 3.31. The van der Waals surface area contributed by atoms with Gasteiger partial charge in [-0.25, -0.2) is 0 Å². The number of rotatable bonds is 5. The van der Waals surface area contributed by atoms with Gasteiger partial charge in [-0.05, 0) is 25.5 Å². The van der Waals surface area contributed by atoms with Gasteiger partial charge in [0, 0.05) is 19.4 Å². The molecule has 3 nitrogen and oxygen atoms in total. The maximum absolute atomic E-state index is 12.9. The molecule has 1 aromatic rings. The zero-order valence-corrected chi connectivity index (χ0v) is 11.4. The first-order valence-corrected chi connectivity index (χ1v) is 6.54. The van der Waals surface area contributed by atoms with Crippen molar-refractivity contribution in [2.24, 2.45) is 0 Å². The normalized spacial score (nSPS) is 26.1. The minimum Gasteiger partial charge on any atom is -0.379 e. The van der Waals surface area contributed by atoms with Crippen molar-refractivity contribution >= 4 is 5.69 Å². The van der Waals surface area contributed by atoms with Gasteiger partial charge in [-0.2, -0.15) is 13.2 Å². The summed E-state index contributed by atoms with van der Waals surface area (Å²) in [6.07, 6.45) is -4.01. The molecule has 1 fully saturated rings. The van der Waals surface area contributed by atoms with Crippen molar-refractivity contribution in [1.82, 2.24) is 0 Å². The number of nitrogens with one attached hydrogen (secondary N) is 1. The second-order valence-corrected chi connectivity index (χ2v) is 4.72. The van der Waals surface area contributed by atoms with Gasteiger partial charge in [-0.15, -0.1) is 0 Å². The molecule has 3 unspecified atom stereocenters. The van der Waals surface area contributed by atoms with E-state index >= 15 is 0 Å². The van der Waals surface area contributed by atoms with E-state index in [1.54, 1.807) is 13.2 Å². The summed E-state index contributed by atoms with van der Waals surface area (Å²) in [7, 11) is 1.54. The number of ether oxygens (including phenoxy) is 2. The van der Waals surface area contributed by atoms with Crippen LogP contribution in [-0.4, -0.2) is 32.0 Å². The summed E-state index contributed by atoms with van der Waals surface area (Å²) in [5.41, 5.74) is -0.572. The van der Waals surface area contributed by atoms with E-state index in [1.165, 1.54) is 12.1 Å². The Morgan fingerprint density at radius 1 is 1.30 bits per heavy atom. The first-order chi connectivity index (χ1) is 9.47. The highest BCUT2D eigenvalue weighted by Crippen LogP contribution is 2.37. The summed E-state index contributed by atoms with van der Waals surface area (Å²) >= 11 is 0. The van der Waals surface area contributed by atoms with E-state index in [0.717, 1.165) is 6.07 Å². The van der Waals surface area contributed by atoms with Crippen molar-refractivity contribution in [2.45, 2.75) is 37.8 Å². The minimum atomic E-state index is -4.37. The summed E-state index contributed by atoms with van der Waals surface area (Å²) in [5.74, 6) is 0. The van der Waals surface area contributed by atoms with Crippen LogP contribution in [-0.2, 0) is 15.7 Å². The number of anilines is 1. The third-order valence-corrected chi connectivity index (χ3v) is 3.48. The van der Waals surface area contributed by atoms with Crippen LogP contribution in [0.3, 0.4) is 0 Å². The van der Waals surface area contributed by atoms with Crippen LogP contribution in [0.15, 0.2) is 24.3 Å². The third kappa shape index (κ3) is 3.07. The molecular weight excluding hydrogens is 271 g/mol. The number of alkyl halides is 3. The lowest BCUT2D eigenvalue weighted by Gasteiger charge is -2.44. The Kier molecular flexibility index (Phi) is 4.55. The quantitative estimate of drug-likeness (QED) is 0.902. The fourth-order valence-corrected chi connectivity index (χ4v) is 2.47. The van der Waals surface area contributed by atoms with E-state index in [-0.39, 0.29) is 23.9 Å². The van der Waals surface area contributed by atoms with Crippen molar-refractivity contribution in [1.29, 1.82) is 0 Å². The molecule has 0 saturated heterocycles. The van der Waals surface area contributed by atoms with Crippen LogP contribution in [0.2, 0.25) is 0 Å². The number of hydrogen-bond donors (Lipinski definition) is 1. The molecule has 0 aliphatic heterocycles. The third-order valence-electron chi connectivity index (χ3n) is 3.48. The van der Waals surface area contributed by atoms with Crippen LogP contribution >= 0.6 is 0 Å². The molecule has 0 amide bonds.